The first kappa shape index (κ1) is 10.3. The molecule has 0 heterocycles. The molecule has 13 heavy (non-hydrogen) atoms. The van der Waals surface area contributed by atoms with Gasteiger partial charge in [-0.05, 0) is 19.4 Å². The molecule has 1 rings (SSSR count). The predicted octanol–water partition coefficient (Wildman–Crippen LogP) is 3.20. The van der Waals surface area contributed by atoms with E-state index in [0.29, 0.717) is 0 Å². The topological polar surface area (TPSA) is 17.1 Å². The van der Waals surface area contributed by atoms with Crippen LogP contribution in [0.3, 0.4) is 0 Å². The number of hydrogen-bond donors (Lipinski definition) is 0. The monoisotopic (exact) mass is 194 g/mol. The van der Waals surface area contributed by atoms with Crippen molar-refractivity contribution in [1.82, 2.24) is 0 Å². The second-order valence-corrected chi connectivity index (χ2v) is 5.27. The van der Waals surface area contributed by atoms with E-state index >= 15 is 0 Å². The van der Waals surface area contributed by atoms with Gasteiger partial charge < -0.3 is 0 Å². The summed E-state index contributed by atoms with van der Waals surface area (Å²) in [5, 5.41) is 0.161. The predicted molar refractivity (Wildman–Crippen MR) is 57.7 cm³/mol. The molecule has 0 N–H and O–H groups in total. The Balaban J connectivity index is 2.87. The summed E-state index contributed by atoms with van der Waals surface area (Å²) in [6.45, 7) is 5.73. The summed E-state index contributed by atoms with van der Waals surface area (Å²) in [6, 6.07) is 10.1. The minimum Gasteiger partial charge on any atom is -0.288 e. The van der Waals surface area contributed by atoms with Gasteiger partial charge in [-0.25, -0.2) is 0 Å². The van der Waals surface area contributed by atoms with Crippen molar-refractivity contribution in [2.45, 2.75) is 25.5 Å². The van der Waals surface area contributed by atoms with Crippen molar-refractivity contribution in [3.63, 3.8) is 0 Å². The number of rotatable bonds is 2. The van der Waals surface area contributed by atoms with Crippen molar-refractivity contribution in [3.8, 4) is 0 Å². The zero-order valence-electron chi connectivity index (χ0n) is 8.20. The van der Waals surface area contributed by atoms with Crippen molar-refractivity contribution in [2.75, 3.05) is 0 Å². The Hall–Kier alpha value is -0.760. The van der Waals surface area contributed by atoms with E-state index in [-0.39, 0.29) is 9.86 Å². The van der Waals surface area contributed by atoms with Crippen LogP contribution < -0.4 is 0 Å². The van der Waals surface area contributed by atoms with Crippen LogP contribution >= 0.6 is 11.8 Å². The van der Waals surface area contributed by atoms with Crippen LogP contribution in [0, 0.1) is 0 Å². The molecule has 0 amide bonds. The van der Waals surface area contributed by atoms with Crippen LogP contribution in [0.25, 0.3) is 0 Å². The molecule has 1 aromatic carbocycles. The molecule has 0 atom stereocenters. The largest absolute Gasteiger partial charge is 0.288 e. The molecule has 0 radical (unpaired) electrons. The maximum atomic E-state index is 11.0. The Morgan fingerprint density at radius 3 is 2.23 bits per heavy atom. The first-order valence-electron chi connectivity index (χ1n) is 4.27. The van der Waals surface area contributed by atoms with Gasteiger partial charge in [0.2, 0.25) is 0 Å². The van der Waals surface area contributed by atoms with Gasteiger partial charge in [-0.1, -0.05) is 42.1 Å². The minimum atomic E-state index is -0.118. The average molecular weight is 194 g/mol. The minimum absolute atomic E-state index is 0.118. The highest BCUT2D eigenvalue weighted by atomic mass is 32.2. The Kier molecular flexibility index (Phi) is 3.15. The molecule has 1 nitrogen and oxygen atoms in total. The van der Waals surface area contributed by atoms with Gasteiger partial charge in [-0.3, -0.25) is 4.79 Å². The summed E-state index contributed by atoms with van der Waals surface area (Å²) in [7, 11) is 0. The highest BCUT2D eigenvalue weighted by Gasteiger charge is 2.22. The molecule has 70 valence electrons. The summed E-state index contributed by atoms with van der Waals surface area (Å²) in [6.07, 6.45) is 0. The van der Waals surface area contributed by atoms with E-state index in [0.717, 1.165) is 0 Å². The van der Waals surface area contributed by atoms with Crippen molar-refractivity contribution < 1.29 is 4.79 Å². The Morgan fingerprint density at radius 2 is 1.77 bits per heavy atom. The summed E-state index contributed by atoms with van der Waals surface area (Å²) >= 11 is 1.37. The summed E-state index contributed by atoms with van der Waals surface area (Å²) < 4.78 is -0.118. The summed E-state index contributed by atoms with van der Waals surface area (Å²) in [5.74, 6) is 0. The van der Waals surface area contributed by atoms with Crippen LogP contribution in [0.1, 0.15) is 26.3 Å². The lowest BCUT2D eigenvalue weighted by atomic mass is 10.0. The lowest BCUT2D eigenvalue weighted by Gasteiger charge is -2.22. The van der Waals surface area contributed by atoms with Crippen LogP contribution in [-0.4, -0.2) is 5.12 Å². The quantitative estimate of drug-likeness (QED) is 0.719. The van der Waals surface area contributed by atoms with E-state index < -0.39 is 0 Å². The van der Waals surface area contributed by atoms with Crippen LogP contribution in [-0.2, 0) is 9.54 Å². The fourth-order valence-electron chi connectivity index (χ4n) is 1.26. The molecule has 0 fully saturated rings. The third-order valence-corrected chi connectivity index (χ3v) is 2.90. The normalized spacial score (nSPS) is 11.3. The van der Waals surface area contributed by atoms with E-state index in [1.165, 1.54) is 17.3 Å². The highest BCUT2D eigenvalue weighted by molar-refractivity contribution is 8.14. The van der Waals surface area contributed by atoms with Crippen LogP contribution in [0.5, 0.6) is 0 Å². The molecule has 0 spiro atoms. The maximum Gasteiger partial charge on any atom is 0.186 e. The fourth-order valence-corrected chi connectivity index (χ4v) is 2.23. The fraction of sp³-hybridized carbons (Fsp3) is 0.364. The molecular weight excluding hydrogens is 180 g/mol. The van der Waals surface area contributed by atoms with E-state index in [1.54, 1.807) is 6.92 Å². The van der Waals surface area contributed by atoms with Gasteiger partial charge in [0.1, 0.15) is 0 Å². The third-order valence-electron chi connectivity index (χ3n) is 1.87. The SMILES string of the molecule is CC(=O)SC(C)(C)c1ccccc1. The molecule has 0 aliphatic rings. The van der Waals surface area contributed by atoms with Crippen molar-refractivity contribution in [3.05, 3.63) is 35.9 Å². The van der Waals surface area contributed by atoms with Gasteiger partial charge in [0.05, 0.1) is 0 Å². The van der Waals surface area contributed by atoms with Crippen LogP contribution in [0.4, 0.5) is 0 Å². The van der Waals surface area contributed by atoms with Gasteiger partial charge in [0, 0.05) is 11.7 Å². The molecule has 0 aromatic heterocycles. The first-order valence-corrected chi connectivity index (χ1v) is 5.09. The van der Waals surface area contributed by atoms with Gasteiger partial charge in [0.15, 0.2) is 5.12 Å². The highest BCUT2D eigenvalue weighted by Crippen LogP contribution is 2.35. The zero-order chi connectivity index (χ0) is 9.90. The lowest BCUT2D eigenvalue weighted by Crippen LogP contribution is -2.13. The second kappa shape index (κ2) is 3.97. The Labute approximate surface area is 83.5 Å². The molecule has 0 saturated heterocycles. The maximum absolute atomic E-state index is 11.0. The smallest absolute Gasteiger partial charge is 0.186 e. The molecule has 2 heteroatoms. The molecule has 0 aliphatic carbocycles. The van der Waals surface area contributed by atoms with Crippen LogP contribution in [0.15, 0.2) is 30.3 Å². The molecule has 1 aromatic rings. The van der Waals surface area contributed by atoms with Gasteiger partial charge in [0.25, 0.3) is 0 Å². The molecule has 0 aliphatic heterocycles. The van der Waals surface area contributed by atoms with Gasteiger partial charge in [-0.2, -0.15) is 0 Å². The lowest BCUT2D eigenvalue weighted by molar-refractivity contribution is -0.109. The number of thioether (sulfide) groups is 1. The van der Waals surface area contributed by atoms with Crippen molar-refractivity contribution in [1.29, 1.82) is 0 Å². The number of hydrogen-bond acceptors (Lipinski definition) is 2. The van der Waals surface area contributed by atoms with E-state index in [1.807, 2.05) is 18.2 Å². The van der Waals surface area contributed by atoms with E-state index in [9.17, 15) is 4.79 Å². The zero-order valence-corrected chi connectivity index (χ0v) is 9.02. The summed E-state index contributed by atoms with van der Waals surface area (Å²) in [5.41, 5.74) is 1.19. The Bertz CT molecular complexity index is 290. The Morgan fingerprint density at radius 1 is 1.23 bits per heavy atom. The van der Waals surface area contributed by atoms with Gasteiger partial charge in [-0.15, -0.1) is 0 Å². The molecular formula is C11H14OS. The molecule has 0 unspecified atom stereocenters. The number of carbonyl (C=O) groups excluding carboxylic acids is 1. The van der Waals surface area contributed by atoms with Crippen molar-refractivity contribution in [2.24, 2.45) is 0 Å². The second-order valence-electron chi connectivity index (χ2n) is 3.47. The number of benzene rings is 1. The average Bonchev–Trinajstić information content (AvgIpc) is 2.04. The number of carbonyl (C=O) groups is 1. The standard InChI is InChI=1S/C11H14OS/c1-9(12)13-11(2,3)10-7-5-4-6-8-10/h4-8H,1-3H3. The van der Waals surface area contributed by atoms with E-state index in [4.69, 9.17) is 0 Å². The summed E-state index contributed by atoms with van der Waals surface area (Å²) in [4.78, 5) is 11.0. The third kappa shape index (κ3) is 2.88. The molecule has 0 bridgehead atoms. The first-order chi connectivity index (χ1) is 6.02. The van der Waals surface area contributed by atoms with Crippen molar-refractivity contribution >= 4 is 16.9 Å². The van der Waals surface area contributed by atoms with Gasteiger partial charge >= 0.3 is 0 Å². The van der Waals surface area contributed by atoms with Crippen LogP contribution in [0.2, 0.25) is 0 Å². The van der Waals surface area contributed by atoms with E-state index in [2.05, 4.69) is 26.0 Å². The molecule has 0 saturated carbocycles.